The van der Waals surface area contributed by atoms with E-state index in [1.807, 2.05) is 38.5 Å². The van der Waals surface area contributed by atoms with E-state index in [1.54, 1.807) is 11.3 Å². The summed E-state index contributed by atoms with van der Waals surface area (Å²) in [7, 11) is 0. The molecule has 0 atom stereocenters. The molecule has 0 aromatic carbocycles. The average molecular weight is 459 g/mol. The van der Waals surface area contributed by atoms with Crippen LogP contribution in [0, 0.1) is 3.57 Å². The number of carbonyl (C=O) groups excluding carboxylic acids is 1. The van der Waals surface area contributed by atoms with E-state index >= 15 is 0 Å². The number of nitrogens with zero attached hydrogens (tertiary/aromatic N) is 2. The first-order valence-corrected chi connectivity index (χ1v) is 9.58. The molecule has 3 heterocycles. The standard InChI is InChI=1S/C15H14IN3O2S2/c1-15(2,3)21-14(20)19-12-7-22-13(18-12)10-4-8-9(16)5-17-6-11(8)23-10/h4-7H,1-3H3,(H,19,20). The van der Waals surface area contributed by atoms with Crippen molar-refractivity contribution in [3.8, 4) is 9.88 Å². The Hall–Kier alpha value is -1.26. The fourth-order valence-corrected chi connectivity index (χ4v) is 4.54. The lowest BCUT2D eigenvalue weighted by molar-refractivity contribution is 0.0635. The number of nitrogens with one attached hydrogen (secondary N) is 1. The number of ether oxygens (including phenoxy) is 1. The van der Waals surface area contributed by atoms with Gasteiger partial charge in [-0.15, -0.1) is 22.7 Å². The van der Waals surface area contributed by atoms with Crippen molar-refractivity contribution < 1.29 is 9.53 Å². The van der Waals surface area contributed by atoms with Crippen molar-refractivity contribution in [1.82, 2.24) is 9.97 Å². The number of pyridine rings is 1. The minimum atomic E-state index is -0.530. The Morgan fingerprint density at radius 3 is 2.83 bits per heavy atom. The molecule has 0 unspecified atom stereocenters. The third-order valence-corrected chi connectivity index (χ3v) is 5.68. The minimum absolute atomic E-state index is 0.496. The monoisotopic (exact) mass is 459 g/mol. The topological polar surface area (TPSA) is 64.1 Å². The van der Waals surface area contributed by atoms with Crippen molar-refractivity contribution in [3.05, 3.63) is 27.4 Å². The third kappa shape index (κ3) is 3.99. The van der Waals surface area contributed by atoms with Gasteiger partial charge in [0.2, 0.25) is 0 Å². The van der Waals surface area contributed by atoms with Crippen LogP contribution in [-0.2, 0) is 4.74 Å². The Balaban J connectivity index is 1.81. The normalized spacial score (nSPS) is 11.7. The minimum Gasteiger partial charge on any atom is -0.444 e. The summed E-state index contributed by atoms with van der Waals surface area (Å²) in [5.74, 6) is 0.504. The molecule has 23 heavy (non-hydrogen) atoms. The molecule has 0 radical (unpaired) electrons. The number of thiophene rings is 1. The lowest BCUT2D eigenvalue weighted by atomic mass is 10.2. The van der Waals surface area contributed by atoms with Gasteiger partial charge in [0.15, 0.2) is 0 Å². The maximum absolute atomic E-state index is 11.8. The molecule has 0 fully saturated rings. The summed E-state index contributed by atoms with van der Waals surface area (Å²) in [6.07, 6.45) is 3.21. The molecular weight excluding hydrogens is 445 g/mol. The van der Waals surface area contributed by atoms with Crippen LogP contribution in [0.3, 0.4) is 0 Å². The van der Waals surface area contributed by atoms with E-state index in [4.69, 9.17) is 4.74 Å². The average Bonchev–Trinajstić information content (AvgIpc) is 3.03. The second kappa shape index (κ2) is 6.33. The van der Waals surface area contributed by atoms with Crippen molar-refractivity contribution in [3.63, 3.8) is 0 Å². The summed E-state index contributed by atoms with van der Waals surface area (Å²) < 4.78 is 7.47. The van der Waals surface area contributed by atoms with Gasteiger partial charge in [-0.2, -0.15) is 0 Å². The van der Waals surface area contributed by atoms with E-state index in [1.165, 1.54) is 16.7 Å². The van der Waals surface area contributed by atoms with Crippen LogP contribution in [0.25, 0.3) is 20.0 Å². The Morgan fingerprint density at radius 1 is 1.35 bits per heavy atom. The van der Waals surface area contributed by atoms with Crippen molar-refractivity contribution in [2.75, 3.05) is 5.32 Å². The van der Waals surface area contributed by atoms with Crippen LogP contribution >= 0.6 is 45.3 Å². The molecule has 3 aromatic rings. The summed E-state index contributed by atoms with van der Waals surface area (Å²) in [5, 5.41) is 6.52. The molecule has 0 spiro atoms. The molecule has 1 amide bonds. The predicted molar refractivity (Wildman–Crippen MR) is 103 cm³/mol. The van der Waals surface area contributed by atoms with Gasteiger partial charge in [-0.25, -0.2) is 9.78 Å². The van der Waals surface area contributed by atoms with Crippen LogP contribution in [0.5, 0.6) is 0 Å². The number of amides is 1. The number of anilines is 1. The Labute approximate surface area is 155 Å². The van der Waals surface area contributed by atoms with E-state index in [2.05, 4.69) is 43.9 Å². The largest absolute Gasteiger partial charge is 0.444 e. The molecule has 0 aliphatic carbocycles. The van der Waals surface area contributed by atoms with Crippen LogP contribution in [0.2, 0.25) is 0 Å². The van der Waals surface area contributed by atoms with Crippen molar-refractivity contribution in [1.29, 1.82) is 0 Å². The highest BCUT2D eigenvalue weighted by molar-refractivity contribution is 14.1. The van der Waals surface area contributed by atoms with Gasteiger partial charge < -0.3 is 4.74 Å². The molecule has 3 aromatic heterocycles. The fourth-order valence-electron chi connectivity index (χ4n) is 1.89. The van der Waals surface area contributed by atoms with E-state index in [0.717, 1.165) is 18.2 Å². The number of hydrogen-bond acceptors (Lipinski definition) is 6. The van der Waals surface area contributed by atoms with Crippen LogP contribution in [0.15, 0.2) is 23.8 Å². The van der Waals surface area contributed by atoms with Gasteiger partial charge in [-0.1, -0.05) is 0 Å². The molecule has 0 bridgehead atoms. The van der Waals surface area contributed by atoms with Crippen LogP contribution in [-0.4, -0.2) is 21.7 Å². The smallest absolute Gasteiger partial charge is 0.413 e. The van der Waals surface area contributed by atoms with Gasteiger partial charge in [-0.05, 0) is 49.4 Å². The zero-order valence-corrected chi connectivity index (χ0v) is 16.5. The second-order valence-electron chi connectivity index (χ2n) is 5.81. The number of fused-ring (bicyclic) bond motifs is 1. The summed E-state index contributed by atoms with van der Waals surface area (Å²) in [6.45, 7) is 5.48. The highest BCUT2D eigenvalue weighted by Crippen LogP contribution is 2.37. The molecular formula is C15H14IN3O2S2. The van der Waals surface area contributed by atoms with Crippen molar-refractivity contribution in [2.24, 2.45) is 0 Å². The maximum atomic E-state index is 11.8. The summed E-state index contributed by atoms with van der Waals surface area (Å²) >= 11 is 5.41. The van der Waals surface area contributed by atoms with E-state index in [9.17, 15) is 4.79 Å². The van der Waals surface area contributed by atoms with Crippen LogP contribution in [0.1, 0.15) is 20.8 Å². The lowest BCUT2D eigenvalue weighted by Crippen LogP contribution is -2.27. The maximum Gasteiger partial charge on any atom is 0.413 e. The summed E-state index contributed by atoms with van der Waals surface area (Å²) in [6, 6.07) is 2.11. The van der Waals surface area contributed by atoms with Crippen molar-refractivity contribution in [2.45, 2.75) is 26.4 Å². The van der Waals surface area contributed by atoms with Gasteiger partial charge in [-0.3, -0.25) is 10.3 Å². The van der Waals surface area contributed by atoms with Crippen LogP contribution in [0.4, 0.5) is 10.6 Å². The zero-order valence-electron chi connectivity index (χ0n) is 12.7. The number of rotatable bonds is 2. The number of carbonyl (C=O) groups is 1. The molecule has 5 nitrogen and oxygen atoms in total. The van der Waals surface area contributed by atoms with Gasteiger partial charge in [0.1, 0.15) is 16.4 Å². The number of thiazole rings is 1. The first kappa shape index (κ1) is 16.6. The first-order valence-electron chi connectivity index (χ1n) is 6.81. The molecule has 3 rings (SSSR count). The second-order valence-corrected chi connectivity index (χ2v) is 8.91. The number of halogens is 1. The zero-order chi connectivity index (χ0) is 16.6. The Bertz CT molecular complexity index is 867. The molecule has 120 valence electrons. The summed E-state index contributed by atoms with van der Waals surface area (Å²) in [4.78, 5) is 21.5. The van der Waals surface area contributed by atoms with Gasteiger partial charge in [0, 0.05) is 26.7 Å². The highest BCUT2D eigenvalue weighted by Gasteiger charge is 2.17. The van der Waals surface area contributed by atoms with Gasteiger partial charge >= 0.3 is 6.09 Å². The molecule has 8 heteroatoms. The fraction of sp³-hybridized carbons (Fsp3) is 0.267. The Kier molecular flexibility index (Phi) is 4.56. The third-order valence-electron chi connectivity index (χ3n) is 2.74. The lowest BCUT2D eigenvalue weighted by Gasteiger charge is -2.19. The molecule has 0 saturated heterocycles. The van der Waals surface area contributed by atoms with Crippen molar-refractivity contribution >= 4 is 67.3 Å². The first-order chi connectivity index (χ1) is 10.8. The number of hydrogen-bond donors (Lipinski definition) is 1. The molecule has 0 saturated carbocycles. The highest BCUT2D eigenvalue weighted by atomic mass is 127. The van der Waals surface area contributed by atoms with Gasteiger partial charge in [0.05, 0.1) is 9.58 Å². The summed E-state index contributed by atoms with van der Waals surface area (Å²) in [5.41, 5.74) is -0.530. The van der Waals surface area contributed by atoms with E-state index in [-0.39, 0.29) is 0 Å². The molecule has 0 aliphatic heterocycles. The van der Waals surface area contributed by atoms with E-state index in [0.29, 0.717) is 5.82 Å². The van der Waals surface area contributed by atoms with E-state index < -0.39 is 11.7 Å². The molecule has 0 aliphatic rings. The Morgan fingerprint density at radius 2 is 2.13 bits per heavy atom. The SMILES string of the molecule is CC(C)(C)OC(=O)Nc1csc(-c2cc3c(I)cncc3s2)n1. The predicted octanol–water partition coefficient (Wildman–Crippen LogP) is 5.37. The van der Waals surface area contributed by atoms with Crippen LogP contribution < -0.4 is 5.32 Å². The van der Waals surface area contributed by atoms with Gasteiger partial charge in [0.25, 0.3) is 0 Å². The quantitative estimate of drug-likeness (QED) is 0.524. The molecule has 1 N–H and O–H groups in total. The number of aromatic nitrogens is 2.